The van der Waals surface area contributed by atoms with Crippen LogP contribution in [0.3, 0.4) is 0 Å². The molecule has 63 heavy (non-hydrogen) atoms. The molecule has 0 radical (unpaired) electrons. The van der Waals surface area contributed by atoms with Crippen LogP contribution in [0.5, 0.6) is 0 Å². The second-order valence-electron chi connectivity index (χ2n) is 17.1. The van der Waals surface area contributed by atoms with Crippen LogP contribution < -0.4 is 4.90 Å². The summed E-state index contributed by atoms with van der Waals surface area (Å²) in [4.78, 5) is 2.45. The average Bonchev–Trinajstić information content (AvgIpc) is 3.98. The first-order chi connectivity index (χ1) is 31.3. The number of rotatable bonds is 4. The van der Waals surface area contributed by atoms with E-state index < -0.39 is 5.41 Å². The van der Waals surface area contributed by atoms with Crippen LogP contribution in [0.15, 0.2) is 229 Å². The zero-order valence-electron chi connectivity index (χ0n) is 34.2. The summed E-state index contributed by atoms with van der Waals surface area (Å²) in [5.74, 6) is 0. The Hall–Kier alpha value is -8.20. The van der Waals surface area contributed by atoms with Crippen molar-refractivity contribution in [2.45, 2.75) is 5.41 Å². The Morgan fingerprint density at radius 2 is 0.746 bits per heavy atom. The van der Waals surface area contributed by atoms with E-state index in [0.29, 0.717) is 0 Å². The van der Waals surface area contributed by atoms with E-state index in [1.54, 1.807) is 0 Å². The maximum Gasteiger partial charge on any atom is 0.143 e. The lowest BCUT2D eigenvalue weighted by Gasteiger charge is -2.31. The molecule has 0 N–H and O–H groups in total. The third-order valence-corrected chi connectivity index (χ3v) is 14.0. The highest BCUT2D eigenvalue weighted by Gasteiger charge is 2.51. The molecule has 0 saturated carbocycles. The van der Waals surface area contributed by atoms with Crippen LogP contribution in [0.4, 0.5) is 17.1 Å². The topological polar surface area (TPSA) is 16.4 Å². The molecule has 2 heteroatoms. The molecule has 12 aromatic rings. The minimum Gasteiger partial charge on any atom is -0.455 e. The van der Waals surface area contributed by atoms with Gasteiger partial charge in [-0.3, -0.25) is 0 Å². The summed E-state index contributed by atoms with van der Waals surface area (Å²) in [5.41, 5.74) is 17.4. The van der Waals surface area contributed by atoms with Crippen LogP contribution >= 0.6 is 0 Å². The number of hydrogen-bond donors (Lipinski definition) is 0. The van der Waals surface area contributed by atoms with Crippen molar-refractivity contribution in [3.8, 4) is 33.4 Å². The van der Waals surface area contributed by atoms with Crippen LogP contribution in [0.25, 0.3) is 87.6 Å². The fourth-order valence-electron chi connectivity index (χ4n) is 11.5. The Kier molecular flexibility index (Phi) is 7.07. The predicted molar refractivity (Wildman–Crippen MR) is 263 cm³/mol. The first kappa shape index (κ1) is 34.5. The molecule has 2 aliphatic rings. The van der Waals surface area contributed by atoms with Crippen LogP contribution in [0.1, 0.15) is 22.3 Å². The Balaban J connectivity index is 1.03. The van der Waals surface area contributed by atoms with Gasteiger partial charge in [-0.25, -0.2) is 0 Å². The normalized spacial score (nSPS) is 13.2. The maximum absolute atomic E-state index is 6.60. The molecule has 2 aliphatic carbocycles. The van der Waals surface area contributed by atoms with E-state index in [9.17, 15) is 0 Å². The summed E-state index contributed by atoms with van der Waals surface area (Å²) in [6.45, 7) is 0. The van der Waals surface area contributed by atoms with Crippen LogP contribution in [-0.4, -0.2) is 0 Å². The number of furan rings is 1. The van der Waals surface area contributed by atoms with E-state index in [1.807, 2.05) is 6.07 Å². The van der Waals surface area contributed by atoms with Crippen LogP contribution in [0.2, 0.25) is 0 Å². The van der Waals surface area contributed by atoms with Gasteiger partial charge >= 0.3 is 0 Å². The number of benzene rings is 11. The smallest absolute Gasteiger partial charge is 0.143 e. The molecular weight excluding hydrogens is 763 g/mol. The molecule has 0 unspecified atom stereocenters. The first-order valence-corrected chi connectivity index (χ1v) is 21.8. The van der Waals surface area contributed by atoms with E-state index in [1.165, 1.54) is 76.8 Å². The number of nitrogens with zero attached hydrogens (tertiary/aromatic N) is 1. The summed E-state index contributed by atoms with van der Waals surface area (Å²) in [5, 5.41) is 9.80. The number of hydrogen-bond acceptors (Lipinski definition) is 2. The van der Waals surface area contributed by atoms with Crippen molar-refractivity contribution in [1.29, 1.82) is 0 Å². The van der Waals surface area contributed by atoms with Gasteiger partial charge in [-0.15, -0.1) is 0 Å². The van der Waals surface area contributed by atoms with Crippen molar-refractivity contribution in [3.05, 3.63) is 247 Å². The van der Waals surface area contributed by atoms with Crippen molar-refractivity contribution >= 4 is 71.3 Å². The fourth-order valence-corrected chi connectivity index (χ4v) is 11.5. The molecule has 0 atom stereocenters. The van der Waals surface area contributed by atoms with Gasteiger partial charge in [-0.1, -0.05) is 182 Å². The van der Waals surface area contributed by atoms with Gasteiger partial charge in [0.1, 0.15) is 11.2 Å². The zero-order valence-corrected chi connectivity index (χ0v) is 34.2. The van der Waals surface area contributed by atoms with Crippen molar-refractivity contribution in [2.24, 2.45) is 0 Å². The van der Waals surface area contributed by atoms with E-state index >= 15 is 0 Å². The van der Waals surface area contributed by atoms with Gasteiger partial charge in [0, 0.05) is 33.4 Å². The molecule has 1 heterocycles. The summed E-state index contributed by atoms with van der Waals surface area (Å²) in [6.07, 6.45) is 0. The molecule has 0 fully saturated rings. The molecule has 0 amide bonds. The molecule has 1 aromatic heterocycles. The van der Waals surface area contributed by atoms with E-state index in [2.05, 4.69) is 223 Å². The van der Waals surface area contributed by atoms with Gasteiger partial charge in [-0.05, 0) is 125 Å². The first-order valence-electron chi connectivity index (χ1n) is 21.8. The Morgan fingerprint density at radius 3 is 1.43 bits per heavy atom. The lowest BCUT2D eigenvalue weighted by Crippen LogP contribution is -2.25. The second-order valence-corrected chi connectivity index (χ2v) is 17.1. The van der Waals surface area contributed by atoms with Gasteiger partial charge in [0.15, 0.2) is 0 Å². The average molecular weight is 800 g/mol. The van der Waals surface area contributed by atoms with Crippen molar-refractivity contribution in [1.82, 2.24) is 0 Å². The zero-order chi connectivity index (χ0) is 41.2. The Labute approximate surface area is 364 Å². The predicted octanol–water partition coefficient (Wildman–Crippen LogP) is 16.5. The monoisotopic (exact) mass is 799 g/mol. The summed E-state index contributed by atoms with van der Waals surface area (Å²) >= 11 is 0. The van der Waals surface area contributed by atoms with Crippen molar-refractivity contribution in [2.75, 3.05) is 4.90 Å². The molecule has 292 valence electrons. The maximum atomic E-state index is 6.60. The van der Waals surface area contributed by atoms with Gasteiger partial charge in [0.05, 0.1) is 5.41 Å². The molecule has 11 aromatic carbocycles. The minimum atomic E-state index is -0.406. The molecular formula is C61H37NO. The summed E-state index contributed by atoms with van der Waals surface area (Å²) in [7, 11) is 0. The summed E-state index contributed by atoms with van der Waals surface area (Å²) < 4.78 is 6.60. The number of para-hydroxylation sites is 2. The van der Waals surface area contributed by atoms with Crippen molar-refractivity contribution < 1.29 is 4.42 Å². The van der Waals surface area contributed by atoms with Crippen LogP contribution in [-0.2, 0) is 5.41 Å². The van der Waals surface area contributed by atoms with Gasteiger partial charge in [-0.2, -0.15) is 0 Å². The SMILES string of the molecule is c1cc(-c2cccc3c2oc2ccccc23)cc(N(c2ccc3c(c2)-c2ccccc2C32c3ccccc3-c3ccccc32)c2ccc3c4ccccc4c4ccccc4c3c2)c1. The van der Waals surface area contributed by atoms with Gasteiger partial charge in [0.25, 0.3) is 0 Å². The number of fused-ring (bicyclic) bond motifs is 19. The van der Waals surface area contributed by atoms with Gasteiger partial charge < -0.3 is 9.32 Å². The molecule has 0 bridgehead atoms. The molecule has 2 nitrogen and oxygen atoms in total. The lowest BCUT2D eigenvalue weighted by molar-refractivity contribution is 0.670. The van der Waals surface area contributed by atoms with Crippen LogP contribution in [0, 0.1) is 0 Å². The highest BCUT2D eigenvalue weighted by atomic mass is 16.3. The molecule has 1 spiro atoms. The van der Waals surface area contributed by atoms with Gasteiger partial charge in [0.2, 0.25) is 0 Å². The van der Waals surface area contributed by atoms with E-state index in [4.69, 9.17) is 4.42 Å². The lowest BCUT2D eigenvalue weighted by atomic mass is 9.70. The second kappa shape index (κ2) is 12.9. The standard InChI is InChI=1S/C61H37NO/c1-2-19-45-43(17-1)44-18-3-4-20-46(44)53-36-40(31-33-47(45)53)62(39-16-13-15-38(35-39)42-25-14-26-52-51-24-8-12-30-59(51)63-60(42)52)41-32-34-58-54(37-41)50-23-7-11-29-57(50)61(58)55-27-9-5-21-48(55)49-22-6-10-28-56(49)61/h1-37H. The fraction of sp³-hybridized carbons (Fsp3) is 0.0164. The minimum absolute atomic E-state index is 0.406. The third kappa shape index (κ3) is 4.67. The summed E-state index contributed by atoms with van der Waals surface area (Å²) in [6, 6.07) is 82.8. The highest BCUT2D eigenvalue weighted by Crippen LogP contribution is 2.63. The van der Waals surface area contributed by atoms with Crippen molar-refractivity contribution in [3.63, 3.8) is 0 Å². The quantitative estimate of drug-likeness (QED) is 0.165. The molecule has 0 aliphatic heterocycles. The molecule has 14 rings (SSSR count). The van der Waals surface area contributed by atoms with E-state index in [-0.39, 0.29) is 0 Å². The largest absolute Gasteiger partial charge is 0.455 e. The number of anilines is 3. The molecule has 0 saturated heterocycles. The Morgan fingerprint density at radius 1 is 0.286 bits per heavy atom. The van der Waals surface area contributed by atoms with E-state index in [0.717, 1.165) is 50.1 Å². The third-order valence-electron chi connectivity index (χ3n) is 14.0. The Bertz CT molecular complexity index is 3810. The highest BCUT2D eigenvalue weighted by molar-refractivity contribution is 6.26.